The van der Waals surface area contributed by atoms with E-state index in [1.165, 1.54) is 5.70 Å². The lowest BCUT2D eigenvalue weighted by Gasteiger charge is -2.34. The molecule has 0 spiro atoms. The van der Waals surface area contributed by atoms with E-state index in [4.69, 9.17) is 12.6 Å². The normalized spacial score (nSPS) is 16.6. The van der Waals surface area contributed by atoms with Crippen molar-refractivity contribution in [1.29, 1.82) is 0 Å². The van der Waals surface area contributed by atoms with E-state index in [0.29, 0.717) is 6.10 Å². The van der Waals surface area contributed by atoms with Gasteiger partial charge in [0.25, 0.3) is 0 Å². The van der Waals surface area contributed by atoms with Gasteiger partial charge in [0.1, 0.15) is 19.7 Å². The summed E-state index contributed by atoms with van der Waals surface area (Å²) < 4.78 is 5.96. The molecule has 0 atom stereocenters. The monoisotopic (exact) mass is 241 g/mol. The third-order valence-corrected chi connectivity index (χ3v) is 3.48. The molecule has 1 aromatic carbocycles. The van der Waals surface area contributed by atoms with Crippen LogP contribution in [0.3, 0.4) is 0 Å². The van der Waals surface area contributed by atoms with Crippen LogP contribution in [-0.4, -0.2) is 31.9 Å². The van der Waals surface area contributed by atoms with Crippen molar-refractivity contribution in [3.05, 3.63) is 36.5 Å². The molecule has 3 heteroatoms. The van der Waals surface area contributed by atoms with Crippen LogP contribution in [0.15, 0.2) is 36.5 Å². The van der Waals surface area contributed by atoms with Crippen molar-refractivity contribution < 1.29 is 4.74 Å². The van der Waals surface area contributed by atoms with Crippen molar-refractivity contribution >= 4 is 13.3 Å². The van der Waals surface area contributed by atoms with Crippen LogP contribution in [0, 0.1) is 0 Å². The number of rotatable bonds is 4. The molecule has 1 fully saturated rings. The zero-order valence-electron chi connectivity index (χ0n) is 11.1. The first-order valence-corrected chi connectivity index (χ1v) is 6.64. The second-order valence-corrected chi connectivity index (χ2v) is 4.79. The first-order valence-electron chi connectivity index (χ1n) is 6.64. The lowest BCUT2D eigenvalue weighted by molar-refractivity contribution is 0.116. The van der Waals surface area contributed by atoms with E-state index in [-0.39, 0.29) is 0 Å². The largest absolute Gasteiger partial charge is 0.490 e. The first kappa shape index (κ1) is 13.1. The number of benzene rings is 1. The Kier molecular flexibility index (Phi) is 4.35. The molecule has 0 bridgehead atoms. The fraction of sp³-hybridized carbons (Fsp3) is 0.467. The average Bonchev–Trinajstić information content (AvgIpc) is 2.41. The molecular formula is C15H20BNO. The van der Waals surface area contributed by atoms with Gasteiger partial charge in [-0.2, -0.15) is 0 Å². The topological polar surface area (TPSA) is 12.5 Å². The van der Waals surface area contributed by atoms with Crippen LogP contribution in [0.1, 0.15) is 26.2 Å². The van der Waals surface area contributed by atoms with E-state index < -0.39 is 0 Å². The van der Waals surface area contributed by atoms with Crippen molar-refractivity contribution in [2.45, 2.75) is 32.3 Å². The van der Waals surface area contributed by atoms with E-state index in [0.717, 1.165) is 43.6 Å². The number of hydrogen-bond donors (Lipinski definition) is 0. The third-order valence-electron chi connectivity index (χ3n) is 3.48. The van der Waals surface area contributed by atoms with Gasteiger partial charge in [0.15, 0.2) is 0 Å². The van der Waals surface area contributed by atoms with Gasteiger partial charge in [-0.1, -0.05) is 31.1 Å². The van der Waals surface area contributed by atoms with Gasteiger partial charge in [-0.3, -0.25) is 0 Å². The minimum Gasteiger partial charge on any atom is -0.490 e. The highest BCUT2D eigenvalue weighted by Crippen LogP contribution is 2.20. The SMILES string of the molecule is [B]c1ccc(OC2CCN(C(=C)CC)CC2)cc1. The highest BCUT2D eigenvalue weighted by atomic mass is 16.5. The number of nitrogens with zero attached hydrogens (tertiary/aromatic N) is 1. The Labute approximate surface area is 111 Å². The molecule has 0 aromatic heterocycles. The number of hydrogen-bond acceptors (Lipinski definition) is 2. The molecule has 2 nitrogen and oxygen atoms in total. The predicted molar refractivity (Wildman–Crippen MR) is 76.5 cm³/mol. The number of likely N-dealkylation sites (tertiary alicyclic amines) is 1. The number of piperidine rings is 1. The predicted octanol–water partition coefficient (Wildman–Crippen LogP) is 2.25. The molecule has 1 aliphatic rings. The zero-order chi connectivity index (χ0) is 13.0. The van der Waals surface area contributed by atoms with Gasteiger partial charge in [0.2, 0.25) is 0 Å². The lowest BCUT2D eigenvalue weighted by Crippen LogP contribution is -2.37. The maximum atomic E-state index is 5.96. The smallest absolute Gasteiger partial charge is 0.119 e. The Morgan fingerprint density at radius 1 is 1.33 bits per heavy atom. The van der Waals surface area contributed by atoms with Crippen molar-refractivity contribution in [2.75, 3.05) is 13.1 Å². The molecule has 1 saturated heterocycles. The number of ether oxygens (including phenoxy) is 1. The summed E-state index contributed by atoms with van der Waals surface area (Å²) in [4.78, 5) is 2.36. The van der Waals surface area contributed by atoms with Gasteiger partial charge in [0.05, 0.1) is 0 Å². The van der Waals surface area contributed by atoms with Crippen LogP contribution in [0.5, 0.6) is 5.75 Å². The molecule has 1 aliphatic heterocycles. The van der Waals surface area contributed by atoms with Crippen LogP contribution in [0.4, 0.5) is 0 Å². The van der Waals surface area contributed by atoms with E-state index in [1.807, 2.05) is 24.3 Å². The second-order valence-electron chi connectivity index (χ2n) is 4.79. The van der Waals surface area contributed by atoms with Crippen LogP contribution in [-0.2, 0) is 0 Å². The summed E-state index contributed by atoms with van der Waals surface area (Å²) in [5.41, 5.74) is 2.01. The van der Waals surface area contributed by atoms with Gasteiger partial charge in [-0.15, -0.1) is 0 Å². The molecule has 2 radical (unpaired) electrons. The molecule has 1 aromatic rings. The minimum atomic E-state index is 0.314. The third kappa shape index (κ3) is 3.31. The molecular weight excluding hydrogens is 221 g/mol. The van der Waals surface area contributed by atoms with Gasteiger partial charge < -0.3 is 9.64 Å². The Bertz CT molecular complexity index is 393. The molecule has 94 valence electrons. The molecule has 0 unspecified atom stereocenters. The van der Waals surface area contributed by atoms with Crippen molar-refractivity contribution in [3.8, 4) is 5.75 Å². The maximum absolute atomic E-state index is 5.96. The highest BCUT2D eigenvalue weighted by molar-refractivity contribution is 6.32. The van der Waals surface area contributed by atoms with Crippen LogP contribution in [0.25, 0.3) is 0 Å². The maximum Gasteiger partial charge on any atom is 0.119 e. The average molecular weight is 241 g/mol. The quantitative estimate of drug-likeness (QED) is 0.749. The number of allylic oxidation sites excluding steroid dienone is 1. The molecule has 18 heavy (non-hydrogen) atoms. The lowest BCUT2D eigenvalue weighted by atomic mass is 9.97. The molecule has 0 aliphatic carbocycles. The molecule has 0 amide bonds. The summed E-state index contributed by atoms with van der Waals surface area (Å²) in [6.45, 7) is 8.33. The molecule has 1 heterocycles. The minimum absolute atomic E-state index is 0.314. The fourth-order valence-electron chi connectivity index (χ4n) is 2.25. The van der Waals surface area contributed by atoms with E-state index in [2.05, 4.69) is 18.4 Å². The van der Waals surface area contributed by atoms with Gasteiger partial charge >= 0.3 is 0 Å². The Hall–Kier alpha value is -1.38. The summed E-state index contributed by atoms with van der Waals surface area (Å²) in [5, 5.41) is 0. The molecule has 0 N–H and O–H groups in total. The fourth-order valence-corrected chi connectivity index (χ4v) is 2.25. The Morgan fingerprint density at radius 2 is 1.94 bits per heavy atom. The summed E-state index contributed by atoms with van der Waals surface area (Å²) in [6, 6.07) is 7.63. The van der Waals surface area contributed by atoms with E-state index in [9.17, 15) is 0 Å². The van der Waals surface area contributed by atoms with Crippen LogP contribution in [0.2, 0.25) is 0 Å². The highest BCUT2D eigenvalue weighted by Gasteiger charge is 2.20. The summed E-state index contributed by atoms with van der Waals surface area (Å²) in [6.07, 6.45) is 3.46. The van der Waals surface area contributed by atoms with E-state index >= 15 is 0 Å². The molecule has 2 rings (SSSR count). The van der Waals surface area contributed by atoms with Gasteiger partial charge in [-0.25, -0.2) is 0 Å². The Balaban J connectivity index is 1.83. The standard InChI is InChI=1S/C15H20BNO/c1-3-12(2)17-10-8-15(9-11-17)18-14-6-4-13(16)5-7-14/h4-7,15H,2-3,8-11H2,1H3. The first-order chi connectivity index (χ1) is 8.69. The Morgan fingerprint density at radius 3 is 2.50 bits per heavy atom. The van der Waals surface area contributed by atoms with Crippen molar-refractivity contribution in [2.24, 2.45) is 0 Å². The van der Waals surface area contributed by atoms with Crippen LogP contribution < -0.4 is 10.2 Å². The summed E-state index contributed by atoms with van der Waals surface area (Å²) in [7, 11) is 5.65. The van der Waals surface area contributed by atoms with Crippen molar-refractivity contribution in [3.63, 3.8) is 0 Å². The van der Waals surface area contributed by atoms with Gasteiger partial charge in [0, 0.05) is 31.6 Å². The van der Waals surface area contributed by atoms with E-state index in [1.54, 1.807) is 0 Å². The summed E-state index contributed by atoms with van der Waals surface area (Å²) >= 11 is 0. The van der Waals surface area contributed by atoms with Gasteiger partial charge in [-0.05, 0) is 18.6 Å². The zero-order valence-corrected chi connectivity index (χ0v) is 11.1. The molecule has 0 saturated carbocycles. The van der Waals surface area contributed by atoms with Crippen molar-refractivity contribution in [1.82, 2.24) is 4.90 Å². The second kappa shape index (κ2) is 5.99. The van der Waals surface area contributed by atoms with Crippen LogP contribution >= 0.6 is 0 Å². The summed E-state index contributed by atoms with van der Waals surface area (Å²) in [5.74, 6) is 0.914.